The molecule has 0 aliphatic carbocycles. The third-order valence-electron chi connectivity index (χ3n) is 4.07. The summed E-state index contributed by atoms with van der Waals surface area (Å²) in [6, 6.07) is 23.0. The lowest BCUT2D eigenvalue weighted by Gasteiger charge is -2.21. The van der Waals surface area contributed by atoms with Crippen LogP contribution in [0.4, 0.5) is 0 Å². The number of hydrogen-bond donors (Lipinski definition) is 0. The van der Waals surface area contributed by atoms with Crippen molar-refractivity contribution < 1.29 is 13.7 Å². The number of hydrogen-bond acceptors (Lipinski definition) is 3. The molecule has 3 nitrogen and oxygen atoms in total. The van der Waals surface area contributed by atoms with Crippen LogP contribution in [0.15, 0.2) is 88.7 Å². The molecule has 2 atom stereocenters. The van der Waals surface area contributed by atoms with Gasteiger partial charge in [-0.3, -0.25) is 4.79 Å². The van der Waals surface area contributed by atoms with Crippen LogP contribution in [0.5, 0.6) is 0 Å². The molecule has 0 aliphatic heterocycles. The van der Waals surface area contributed by atoms with E-state index >= 15 is 0 Å². The normalized spacial score (nSPS) is 14.0. The van der Waals surface area contributed by atoms with Crippen LogP contribution in [0.3, 0.4) is 0 Å². The summed E-state index contributed by atoms with van der Waals surface area (Å²) in [5.41, 5.74) is 0.802. The maximum atomic E-state index is 13.1. The smallest absolute Gasteiger partial charge is 0.303 e. The van der Waals surface area contributed by atoms with E-state index in [1.807, 2.05) is 79.7 Å². The molecule has 4 heteroatoms. The Morgan fingerprint density at radius 3 is 2.27 bits per heavy atom. The first kappa shape index (κ1) is 18.1. The van der Waals surface area contributed by atoms with E-state index in [9.17, 15) is 9.00 Å². The highest BCUT2D eigenvalue weighted by molar-refractivity contribution is 7.89. The van der Waals surface area contributed by atoms with E-state index in [1.54, 1.807) is 6.08 Å². The minimum Gasteiger partial charge on any atom is -0.452 e. The summed E-state index contributed by atoms with van der Waals surface area (Å²) in [6.45, 7) is 3.18. The molecule has 0 radical (unpaired) electrons. The molecule has 3 aromatic rings. The largest absolute Gasteiger partial charge is 0.452 e. The number of allylic oxidation sites excluding steroid dienone is 1. The highest BCUT2D eigenvalue weighted by atomic mass is 32.2. The van der Waals surface area contributed by atoms with Crippen molar-refractivity contribution in [2.75, 3.05) is 0 Å². The van der Waals surface area contributed by atoms with Crippen molar-refractivity contribution >= 4 is 27.5 Å². The number of rotatable bonds is 5. The van der Waals surface area contributed by atoms with E-state index in [0.717, 1.165) is 16.3 Å². The topological polar surface area (TPSA) is 43.4 Å². The zero-order valence-electron chi connectivity index (χ0n) is 14.7. The maximum Gasteiger partial charge on any atom is 0.303 e. The molecule has 26 heavy (non-hydrogen) atoms. The van der Waals surface area contributed by atoms with E-state index < -0.39 is 22.9 Å². The van der Waals surface area contributed by atoms with Crippen LogP contribution in [0.2, 0.25) is 0 Å². The highest BCUT2D eigenvalue weighted by Crippen LogP contribution is 2.33. The fourth-order valence-corrected chi connectivity index (χ4v) is 4.13. The predicted octanol–water partition coefficient (Wildman–Crippen LogP) is 5.16. The Kier molecular flexibility index (Phi) is 5.64. The second-order valence-corrected chi connectivity index (χ2v) is 7.35. The summed E-state index contributed by atoms with van der Waals surface area (Å²) in [6.07, 6.45) is 1.08. The molecule has 3 rings (SSSR count). The molecule has 0 aliphatic rings. The van der Waals surface area contributed by atoms with E-state index in [4.69, 9.17) is 4.74 Å². The van der Waals surface area contributed by atoms with E-state index in [0.29, 0.717) is 9.80 Å². The van der Waals surface area contributed by atoms with Crippen LogP contribution in [0.1, 0.15) is 25.5 Å². The lowest BCUT2D eigenvalue weighted by atomic mass is 10.0. The number of carbonyl (C=O) groups excluding carboxylic acids is 1. The molecule has 0 saturated carbocycles. The van der Waals surface area contributed by atoms with Gasteiger partial charge < -0.3 is 4.74 Å². The number of esters is 1. The van der Waals surface area contributed by atoms with Gasteiger partial charge in [0.05, 0.1) is 15.7 Å². The van der Waals surface area contributed by atoms with Gasteiger partial charge in [-0.1, -0.05) is 60.7 Å². The quantitative estimate of drug-likeness (QED) is 0.588. The van der Waals surface area contributed by atoms with E-state index in [2.05, 4.69) is 0 Å². The van der Waals surface area contributed by atoms with Gasteiger partial charge in [-0.05, 0) is 41.5 Å². The Morgan fingerprint density at radius 2 is 1.62 bits per heavy atom. The standard InChI is InChI=1S/C22H20O3S/c1-3-21(26(24)20-11-5-4-6-12-20)22(25-16(2)23)19-14-13-17-9-7-8-10-18(17)15-19/h3-15,22H,1-2H3/b21-3+. The Morgan fingerprint density at radius 1 is 0.962 bits per heavy atom. The molecule has 0 N–H and O–H groups in total. The molecule has 0 amide bonds. The summed E-state index contributed by atoms with van der Waals surface area (Å²) < 4.78 is 18.7. The minimum absolute atomic E-state index is 0.410. The van der Waals surface area contributed by atoms with Crippen molar-refractivity contribution in [3.8, 4) is 0 Å². The summed E-state index contributed by atoms with van der Waals surface area (Å²) in [7, 11) is -1.42. The van der Waals surface area contributed by atoms with Gasteiger partial charge in [0.1, 0.15) is 0 Å². The van der Waals surface area contributed by atoms with Gasteiger partial charge in [-0.2, -0.15) is 0 Å². The average molecular weight is 364 g/mol. The maximum absolute atomic E-state index is 13.1. The number of ether oxygens (including phenoxy) is 1. The molecule has 0 fully saturated rings. The van der Waals surface area contributed by atoms with Gasteiger partial charge in [0.25, 0.3) is 0 Å². The Labute approximate surface area is 155 Å². The summed E-state index contributed by atoms with van der Waals surface area (Å²) >= 11 is 0. The first-order valence-corrected chi connectivity index (χ1v) is 9.54. The van der Waals surface area contributed by atoms with Crippen molar-refractivity contribution in [2.24, 2.45) is 0 Å². The Bertz CT molecular complexity index is 977. The van der Waals surface area contributed by atoms with Crippen LogP contribution >= 0.6 is 0 Å². The van der Waals surface area contributed by atoms with E-state index in [1.165, 1.54) is 6.92 Å². The summed E-state index contributed by atoms with van der Waals surface area (Å²) in [4.78, 5) is 13.0. The number of benzene rings is 3. The fourth-order valence-electron chi connectivity index (χ4n) is 2.86. The van der Waals surface area contributed by atoms with Gasteiger partial charge in [0.2, 0.25) is 0 Å². The predicted molar refractivity (Wildman–Crippen MR) is 105 cm³/mol. The third-order valence-corrected chi connectivity index (χ3v) is 5.65. The SMILES string of the molecule is C/C=C(\C(OC(C)=O)c1ccc2ccccc2c1)S(=O)c1ccccc1. The molecule has 0 saturated heterocycles. The van der Waals surface area contributed by atoms with Gasteiger partial charge >= 0.3 is 5.97 Å². The molecule has 3 aromatic carbocycles. The zero-order chi connectivity index (χ0) is 18.5. The van der Waals surface area contributed by atoms with Crippen LogP contribution in [-0.2, 0) is 20.3 Å². The summed E-state index contributed by atoms with van der Waals surface area (Å²) in [5, 5.41) is 2.15. The van der Waals surface area contributed by atoms with Crippen molar-refractivity contribution in [1.29, 1.82) is 0 Å². The minimum atomic E-state index is -1.42. The van der Waals surface area contributed by atoms with Crippen molar-refractivity contribution in [3.05, 3.63) is 89.3 Å². The third kappa shape index (κ3) is 3.92. The molecule has 2 unspecified atom stereocenters. The molecular formula is C22H20O3S. The lowest BCUT2D eigenvalue weighted by molar-refractivity contribution is -0.144. The Hall–Kier alpha value is -2.72. The summed E-state index contributed by atoms with van der Waals surface area (Å²) in [5.74, 6) is -0.410. The average Bonchev–Trinajstić information content (AvgIpc) is 2.67. The second kappa shape index (κ2) is 8.11. The second-order valence-electron chi connectivity index (χ2n) is 5.87. The highest BCUT2D eigenvalue weighted by Gasteiger charge is 2.25. The molecular weight excluding hydrogens is 344 g/mol. The zero-order valence-corrected chi connectivity index (χ0v) is 15.5. The molecule has 0 bridgehead atoms. The molecule has 132 valence electrons. The Balaban J connectivity index is 2.05. The first-order valence-electron chi connectivity index (χ1n) is 8.39. The monoisotopic (exact) mass is 364 g/mol. The van der Waals surface area contributed by atoms with Crippen molar-refractivity contribution in [2.45, 2.75) is 24.8 Å². The number of fused-ring (bicyclic) bond motifs is 1. The number of carbonyl (C=O) groups is 1. The molecule has 0 spiro atoms. The van der Waals surface area contributed by atoms with Crippen LogP contribution < -0.4 is 0 Å². The molecule has 0 heterocycles. The van der Waals surface area contributed by atoms with E-state index in [-0.39, 0.29) is 0 Å². The fraction of sp³-hybridized carbons (Fsp3) is 0.136. The van der Waals surface area contributed by atoms with Crippen LogP contribution in [0, 0.1) is 0 Å². The van der Waals surface area contributed by atoms with Crippen LogP contribution in [0.25, 0.3) is 10.8 Å². The van der Waals surface area contributed by atoms with Crippen molar-refractivity contribution in [1.82, 2.24) is 0 Å². The first-order chi connectivity index (χ1) is 12.6. The lowest BCUT2D eigenvalue weighted by Crippen LogP contribution is -2.14. The van der Waals surface area contributed by atoms with Crippen LogP contribution in [-0.4, -0.2) is 10.2 Å². The van der Waals surface area contributed by atoms with Gasteiger partial charge in [0.15, 0.2) is 6.10 Å². The van der Waals surface area contributed by atoms with Gasteiger partial charge in [-0.15, -0.1) is 0 Å². The van der Waals surface area contributed by atoms with Crippen molar-refractivity contribution in [3.63, 3.8) is 0 Å². The van der Waals surface area contributed by atoms with Gasteiger partial charge in [0, 0.05) is 11.8 Å². The molecule has 0 aromatic heterocycles. The van der Waals surface area contributed by atoms with Gasteiger partial charge in [-0.25, -0.2) is 4.21 Å².